The van der Waals surface area contributed by atoms with Gasteiger partial charge in [0.25, 0.3) is 0 Å². The number of nitrogens with one attached hydrogen (secondary N) is 1. The van der Waals surface area contributed by atoms with Crippen molar-refractivity contribution in [3.63, 3.8) is 0 Å². The van der Waals surface area contributed by atoms with E-state index in [4.69, 9.17) is 4.99 Å². The first-order valence-electron chi connectivity index (χ1n) is 10.6. The van der Waals surface area contributed by atoms with Crippen LogP contribution in [0.15, 0.2) is 47.7 Å². The third-order valence-corrected chi connectivity index (χ3v) is 5.09. The number of aromatic nitrogens is 3. The van der Waals surface area contributed by atoms with E-state index < -0.39 is 0 Å². The van der Waals surface area contributed by atoms with Gasteiger partial charge in [-0.05, 0) is 12.5 Å². The molecule has 0 radical (unpaired) electrons. The SMILES string of the molecule is CCNC(=NCCn1cnnc1CC)N1CCN(C/C=C/c2ccccc2)CC1. The Morgan fingerprint density at radius 2 is 1.93 bits per heavy atom. The van der Waals surface area contributed by atoms with Gasteiger partial charge in [-0.15, -0.1) is 10.2 Å². The highest BCUT2D eigenvalue weighted by Gasteiger charge is 2.18. The number of aliphatic imine (C=N–C) groups is 1. The van der Waals surface area contributed by atoms with Crippen molar-refractivity contribution in [3.8, 4) is 0 Å². The van der Waals surface area contributed by atoms with Gasteiger partial charge in [-0.25, -0.2) is 0 Å². The van der Waals surface area contributed by atoms with Gasteiger partial charge in [0, 0.05) is 52.2 Å². The summed E-state index contributed by atoms with van der Waals surface area (Å²) < 4.78 is 2.09. The zero-order valence-electron chi connectivity index (χ0n) is 17.7. The topological polar surface area (TPSA) is 61.6 Å². The fraction of sp³-hybridized carbons (Fsp3) is 0.500. The van der Waals surface area contributed by atoms with Gasteiger partial charge in [0.15, 0.2) is 5.96 Å². The molecular weight excluding hydrogens is 362 g/mol. The molecule has 7 nitrogen and oxygen atoms in total. The fourth-order valence-corrected chi connectivity index (χ4v) is 3.47. The third kappa shape index (κ3) is 6.42. The van der Waals surface area contributed by atoms with Crippen molar-refractivity contribution in [1.29, 1.82) is 0 Å². The number of nitrogens with zero attached hydrogens (tertiary/aromatic N) is 6. The standard InChI is InChI=1S/C22H33N7/c1-3-21-26-25-19-29(21)14-12-24-22(23-4-2)28-17-15-27(16-18-28)13-8-11-20-9-6-5-7-10-20/h5-11,19H,3-4,12-18H2,1-2H3,(H,23,24)/b11-8+. The number of rotatable bonds is 8. The average molecular weight is 396 g/mol. The second-order valence-corrected chi connectivity index (χ2v) is 7.13. The van der Waals surface area contributed by atoms with Crippen LogP contribution in [0.1, 0.15) is 25.2 Å². The summed E-state index contributed by atoms with van der Waals surface area (Å²) in [5.41, 5.74) is 1.26. The number of piperazine rings is 1. The molecule has 3 rings (SSSR count). The Hall–Kier alpha value is -2.67. The van der Waals surface area contributed by atoms with Crippen LogP contribution in [0.5, 0.6) is 0 Å². The van der Waals surface area contributed by atoms with Gasteiger partial charge in [-0.1, -0.05) is 49.4 Å². The predicted molar refractivity (Wildman–Crippen MR) is 119 cm³/mol. The van der Waals surface area contributed by atoms with Crippen molar-refractivity contribution < 1.29 is 0 Å². The predicted octanol–water partition coefficient (Wildman–Crippen LogP) is 2.14. The maximum absolute atomic E-state index is 4.84. The second-order valence-electron chi connectivity index (χ2n) is 7.13. The van der Waals surface area contributed by atoms with Gasteiger partial charge >= 0.3 is 0 Å². The van der Waals surface area contributed by atoms with E-state index in [1.54, 1.807) is 6.33 Å². The Kier molecular flexibility index (Phi) is 8.25. The van der Waals surface area contributed by atoms with Crippen LogP contribution < -0.4 is 5.32 Å². The molecule has 0 aliphatic carbocycles. The van der Waals surface area contributed by atoms with Crippen LogP contribution in [0.25, 0.3) is 6.08 Å². The van der Waals surface area contributed by atoms with E-state index in [9.17, 15) is 0 Å². The lowest BCUT2D eigenvalue weighted by atomic mass is 10.2. The molecule has 0 atom stereocenters. The average Bonchev–Trinajstić information content (AvgIpc) is 3.22. The van der Waals surface area contributed by atoms with Crippen LogP contribution in [0.2, 0.25) is 0 Å². The number of hydrogen-bond donors (Lipinski definition) is 1. The molecule has 1 aromatic carbocycles. The molecule has 0 saturated carbocycles. The van der Waals surface area contributed by atoms with E-state index in [2.05, 4.69) is 86.2 Å². The fourth-order valence-electron chi connectivity index (χ4n) is 3.47. The summed E-state index contributed by atoms with van der Waals surface area (Å²) in [6, 6.07) is 10.5. The van der Waals surface area contributed by atoms with Crippen LogP contribution in [0.4, 0.5) is 0 Å². The van der Waals surface area contributed by atoms with E-state index in [1.165, 1.54) is 5.56 Å². The van der Waals surface area contributed by atoms with E-state index in [0.29, 0.717) is 0 Å². The quantitative estimate of drug-likeness (QED) is 0.548. The first kappa shape index (κ1) is 21.0. The van der Waals surface area contributed by atoms with Crippen molar-refractivity contribution in [2.24, 2.45) is 4.99 Å². The smallest absolute Gasteiger partial charge is 0.194 e. The molecule has 156 valence electrons. The Bertz CT molecular complexity index is 773. The number of benzene rings is 1. The lowest BCUT2D eigenvalue weighted by Crippen LogP contribution is -2.52. The number of guanidine groups is 1. The van der Waals surface area contributed by atoms with Crippen LogP contribution >= 0.6 is 0 Å². The van der Waals surface area contributed by atoms with Gasteiger partial charge in [-0.3, -0.25) is 9.89 Å². The summed E-state index contributed by atoms with van der Waals surface area (Å²) in [4.78, 5) is 9.70. The van der Waals surface area contributed by atoms with Gasteiger partial charge in [-0.2, -0.15) is 0 Å². The molecule has 29 heavy (non-hydrogen) atoms. The molecule has 1 fully saturated rings. The Labute approximate surface area is 174 Å². The van der Waals surface area contributed by atoms with Crippen LogP contribution in [-0.2, 0) is 13.0 Å². The molecule has 1 aliphatic heterocycles. The maximum Gasteiger partial charge on any atom is 0.194 e. The van der Waals surface area contributed by atoms with Crippen molar-refractivity contribution in [2.75, 3.05) is 45.8 Å². The summed E-state index contributed by atoms with van der Waals surface area (Å²) >= 11 is 0. The Morgan fingerprint density at radius 1 is 1.14 bits per heavy atom. The van der Waals surface area contributed by atoms with Crippen LogP contribution in [0, 0.1) is 0 Å². The number of aryl methyl sites for hydroxylation is 1. The molecule has 0 spiro atoms. The van der Waals surface area contributed by atoms with Gasteiger partial charge in [0.2, 0.25) is 0 Å². The summed E-state index contributed by atoms with van der Waals surface area (Å²) in [5.74, 6) is 2.03. The van der Waals surface area contributed by atoms with E-state index in [0.717, 1.165) is 70.6 Å². The van der Waals surface area contributed by atoms with E-state index in [1.807, 2.05) is 0 Å². The molecule has 2 aromatic rings. The first-order chi connectivity index (χ1) is 14.3. The minimum atomic E-state index is 0.730. The molecule has 0 unspecified atom stereocenters. The zero-order chi connectivity index (χ0) is 20.3. The van der Waals surface area contributed by atoms with Crippen molar-refractivity contribution >= 4 is 12.0 Å². The van der Waals surface area contributed by atoms with Gasteiger partial charge in [0.05, 0.1) is 6.54 Å². The Morgan fingerprint density at radius 3 is 2.66 bits per heavy atom. The summed E-state index contributed by atoms with van der Waals surface area (Å²) in [7, 11) is 0. The summed E-state index contributed by atoms with van der Waals surface area (Å²) in [6.07, 6.45) is 7.15. The van der Waals surface area contributed by atoms with E-state index >= 15 is 0 Å². The molecule has 7 heteroatoms. The zero-order valence-corrected chi connectivity index (χ0v) is 17.7. The molecule has 1 aromatic heterocycles. The Balaban J connectivity index is 1.46. The van der Waals surface area contributed by atoms with Crippen LogP contribution in [-0.4, -0.2) is 76.3 Å². The highest BCUT2D eigenvalue weighted by molar-refractivity contribution is 5.80. The molecular formula is C22H33N7. The minimum absolute atomic E-state index is 0.730. The second kappa shape index (κ2) is 11.4. The van der Waals surface area contributed by atoms with Crippen LogP contribution in [0.3, 0.4) is 0 Å². The highest BCUT2D eigenvalue weighted by Crippen LogP contribution is 2.05. The number of hydrogen-bond acceptors (Lipinski definition) is 4. The monoisotopic (exact) mass is 395 g/mol. The van der Waals surface area contributed by atoms with E-state index in [-0.39, 0.29) is 0 Å². The lowest BCUT2D eigenvalue weighted by Gasteiger charge is -2.36. The maximum atomic E-state index is 4.84. The highest BCUT2D eigenvalue weighted by atomic mass is 15.3. The summed E-state index contributed by atoms with van der Waals surface area (Å²) in [6.45, 7) is 11.7. The molecule has 1 aliphatic rings. The molecule has 0 bridgehead atoms. The molecule has 0 amide bonds. The first-order valence-corrected chi connectivity index (χ1v) is 10.6. The molecule has 1 saturated heterocycles. The van der Waals surface area contributed by atoms with Gasteiger partial charge < -0.3 is 14.8 Å². The molecule has 1 N–H and O–H groups in total. The van der Waals surface area contributed by atoms with Crippen molar-refractivity contribution in [1.82, 2.24) is 29.9 Å². The summed E-state index contributed by atoms with van der Waals surface area (Å²) in [5, 5.41) is 11.6. The van der Waals surface area contributed by atoms with Gasteiger partial charge in [0.1, 0.15) is 12.2 Å². The third-order valence-electron chi connectivity index (χ3n) is 5.09. The van der Waals surface area contributed by atoms with Crippen molar-refractivity contribution in [2.45, 2.75) is 26.8 Å². The lowest BCUT2D eigenvalue weighted by molar-refractivity contribution is 0.194. The normalized spacial score (nSPS) is 15.9. The minimum Gasteiger partial charge on any atom is -0.357 e. The largest absolute Gasteiger partial charge is 0.357 e. The molecule has 2 heterocycles. The van der Waals surface area contributed by atoms with Crippen molar-refractivity contribution in [3.05, 3.63) is 54.1 Å².